The predicted molar refractivity (Wildman–Crippen MR) is 339 cm³/mol. The normalized spacial score (nSPS) is 13.7. The minimum absolute atomic E-state index is 0.0225. The van der Waals surface area contributed by atoms with Crippen LogP contribution in [0.3, 0.4) is 0 Å². The average Bonchev–Trinajstić information content (AvgIpc) is 2.30. The van der Waals surface area contributed by atoms with E-state index in [0.29, 0.717) is 0 Å². The van der Waals surface area contributed by atoms with E-state index in [1.807, 2.05) is 0 Å². The lowest BCUT2D eigenvalue weighted by Gasteiger charge is -2.34. The van der Waals surface area contributed by atoms with Crippen LogP contribution in [0.4, 0.5) is 34.1 Å². The first-order valence-corrected chi connectivity index (χ1v) is 28.5. The van der Waals surface area contributed by atoms with E-state index in [1.165, 1.54) is 99.1 Å². The molecule has 0 amide bonds. The van der Waals surface area contributed by atoms with Gasteiger partial charge in [-0.2, -0.15) is 0 Å². The van der Waals surface area contributed by atoms with Crippen molar-refractivity contribution < 1.29 is 0 Å². The monoisotopic (exact) mass is 1020 g/mol. The fourth-order valence-electron chi connectivity index (χ4n) is 13.2. The first-order valence-electron chi connectivity index (χ1n) is 28.5. The fraction of sp³-hybridized carbons (Fsp3) is 0.221. The summed E-state index contributed by atoms with van der Waals surface area (Å²) in [6.45, 7) is 27.6. The molecule has 0 saturated heterocycles. The van der Waals surface area contributed by atoms with Crippen molar-refractivity contribution in [3.63, 3.8) is 0 Å². The van der Waals surface area contributed by atoms with E-state index in [-0.39, 0.29) is 21.7 Å². The van der Waals surface area contributed by atoms with Gasteiger partial charge in [0.1, 0.15) is 0 Å². The summed E-state index contributed by atoms with van der Waals surface area (Å²) in [7, 11) is 0. The van der Waals surface area contributed by atoms with Crippen molar-refractivity contribution in [1.82, 2.24) is 0 Å². The Bertz CT molecular complexity index is 3900. The van der Waals surface area contributed by atoms with Crippen molar-refractivity contribution in [3.8, 4) is 22.3 Å². The van der Waals surface area contributed by atoms with E-state index < -0.39 is 5.41 Å². The van der Waals surface area contributed by atoms with Gasteiger partial charge in [-0.15, -0.1) is 0 Å². The molecule has 11 aromatic carbocycles. The van der Waals surface area contributed by atoms with E-state index in [4.69, 9.17) is 0 Å². The lowest BCUT2D eigenvalue weighted by molar-refractivity contribution is 0.590. The summed E-state index contributed by atoms with van der Waals surface area (Å²) < 4.78 is 0. The molecule has 0 bridgehead atoms. The van der Waals surface area contributed by atoms with E-state index in [0.717, 1.165) is 34.1 Å². The summed E-state index contributed by atoms with van der Waals surface area (Å²) in [5.74, 6) is 0. The maximum absolute atomic E-state index is 2.60. The zero-order chi connectivity index (χ0) is 55.0. The smallest absolute Gasteiger partial charge is 0.0727 e. The van der Waals surface area contributed by atoms with Gasteiger partial charge in [0.05, 0.1) is 5.41 Å². The molecule has 2 nitrogen and oxygen atoms in total. The van der Waals surface area contributed by atoms with Crippen molar-refractivity contribution in [2.75, 3.05) is 9.80 Å². The summed E-state index contributed by atoms with van der Waals surface area (Å²) in [4.78, 5) is 4.96. The Hall–Kier alpha value is -8.20. The van der Waals surface area contributed by atoms with Crippen molar-refractivity contribution in [2.45, 2.75) is 110 Å². The molecule has 1 spiro atoms. The number of anilines is 6. The molecule has 0 N–H and O–H groups in total. The highest BCUT2D eigenvalue weighted by atomic mass is 15.1. The molecule has 0 radical (unpaired) electrons. The first kappa shape index (κ1) is 50.3. The van der Waals surface area contributed by atoms with Crippen LogP contribution in [0, 0.1) is 0 Å². The summed E-state index contributed by atoms with van der Waals surface area (Å²) in [6.07, 6.45) is 0. The third-order valence-corrected chi connectivity index (χ3v) is 17.5. The van der Waals surface area contributed by atoms with Gasteiger partial charge in [-0.1, -0.05) is 217 Å². The summed E-state index contributed by atoms with van der Waals surface area (Å²) in [5.41, 5.74) is 21.8. The standard InChI is InChI=1S/C77H72N2/c1-73(2,3)49-25-33-53(34-26-49)78(54-35-27-50(28-36-54)74(4,5)6)57-41-43-64-65-44-42-58(79(55-37-29-51(30-38-55)75(7,8)9)56-39-31-52(32-40-56)76(10,11)12)46-71(65)77(70(64)45-57)69-24-18-17-23-63(69)68-47-66-61-21-15-13-19-59(61)60-20-14-16-22-62(60)67(66)48-72(68)77/h13-48H,1-12H3. The molecule has 0 saturated carbocycles. The van der Waals surface area contributed by atoms with Crippen LogP contribution in [0.15, 0.2) is 218 Å². The van der Waals surface area contributed by atoms with Crippen LogP contribution in [0.25, 0.3) is 54.6 Å². The van der Waals surface area contributed by atoms with Crippen molar-refractivity contribution in [1.29, 1.82) is 0 Å². The number of hydrogen-bond donors (Lipinski definition) is 0. The molecule has 11 aromatic rings. The van der Waals surface area contributed by atoms with Gasteiger partial charge in [-0.25, -0.2) is 0 Å². The first-order chi connectivity index (χ1) is 37.7. The van der Waals surface area contributed by atoms with E-state index >= 15 is 0 Å². The van der Waals surface area contributed by atoms with E-state index in [2.05, 4.69) is 311 Å². The zero-order valence-electron chi connectivity index (χ0n) is 48.2. The van der Waals surface area contributed by atoms with Gasteiger partial charge < -0.3 is 9.80 Å². The Morgan fingerprint density at radius 2 is 0.506 bits per heavy atom. The molecule has 2 heteroatoms. The zero-order valence-corrected chi connectivity index (χ0v) is 48.2. The van der Waals surface area contributed by atoms with Gasteiger partial charge in [0, 0.05) is 34.1 Å². The van der Waals surface area contributed by atoms with Crippen molar-refractivity contribution >= 4 is 66.4 Å². The van der Waals surface area contributed by atoms with Crippen LogP contribution in [0.1, 0.15) is 128 Å². The summed E-state index contributed by atoms with van der Waals surface area (Å²) in [5, 5.41) is 7.69. The number of fused-ring (bicyclic) bond motifs is 16. The average molecular weight is 1030 g/mol. The Morgan fingerprint density at radius 1 is 0.228 bits per heavy atom. The third kappa shape index (κ3) is 8.12. The molecular formula is C77H72N2. The number of hydrogen-bond acceptors (Lipinski definition) is 2. The molecule has 2 aliphatic rings. The molecule has 0 heterocycles. The number of benzene rings is 11. The molecule has 2 aliphatic carbocycles. The molecule has 13 rings (SSSR count). The van der Waals surface area contributed by atoms with Gasteiger partial charge in [0.2, 0.25) is 0 Å². The quantitative estimate of drug-likeness (QED) is 0.153. The highest BCUT2D eigenvalue weighted by molar-refractivity contribution is 6.26. The van der Waals surface area contributed by atoms with Crippen molar-refractivity contribution in [2.24, 2.45) is 0 Å². The second kappa shape index (κ2) is 17.9. The van der Waals surface area contributed by atoms with Crippen molar-refractivity contribution in [3.05, 3.63) is 263 Å². The maximum Gasteiger partial charge on any atom is 0.0727 e. The van der Waals surface area contributed by atoms with Crippen LogP contribution in [-0.4, -0.2) is 0 Å². The molecule has 0 aliphatic heterocycles. The highest BCUT2D eigenvalue weighted by Crippen LogP contribution is 2.65. The van der Waals surface area contributed by atoms with Crippen LogP contribution in [0.5, 0.6) is 0 Å². The Morgan fingerprint density at radius 3 is 0.861 bits per heavy atom. The third-order valence-electron chi connectivity index (χ3n) is 17.5. The van der Waals surface area contributed by atoms with Gasteiger partial charge in [0.15, 0.2) is 0 Å². The number of nitrogens with zero attached hydrogens (tertiary/aromatic N) is 2. The second-order valence-electron chi connectivity index (χ2n) is 26.6. The van der Waals surface area contributed by atoms with Crippen LogP contribution >= 0.6 is 0 Å². The van der Waals surface area contributed by atoms with Crippen LogP contribution < -0.4 is 9.80 Å². The minimum Gasteiger partial charge on any atom is -0.310 e. The molecule has 0 aromatic heterocycles. The van der Waals surface area contributed by atoms with Crippen LogP contribution in [-0.2, 0) is 27.1 Å². The lowest BCUT2D eigenvalue weighted by atomic mass is 9.70. The van der Waals surface area contributed by atoms with Gasteiger partial charge in [0.25, 0.3) is 0 Å². The maximum atomic E-state index is 2.60. The Kier molecular flexibility index (Phi) is 11.4. The van der Waals surface area contributed by atoms with E-state index in [1.54, 1.807) is 0 Å². The summed E-state index contributed by atoms with van der Waals surface area (Å²) in [6, 6.07) is 84.3. The van der Waals surface area contributed by atoms with Crippen LogP contribution in [0.2, 0.25) is 0 Å². The predicted octanol–water partition coefficient (Wildman–Crippen LogP) is 21.6. The van der Waals surface area contributed by atoms with Gasteiger partial charge in [-0.3, -0.25) is 0 Å². The summed E-state index contributed by atoms with van der Waals surface area (Å²) >= 11 is 0. The van der Waals surface area contributed by atoms with Gasteiger partial charge in [-0.05, 0) is 206 Å². The topological polar surface area (TPSA) is 6.48 Å². The minimum atomic E-state index is -0.681. The largest absolute Gasteiger partial charge is 0.310 e. The Balaban J connectivity index is 1.11. The SMILES string of the molecule is CC(C)(C)c1ccc(N(c2ccc(C(C)(C)C)cc2)c2ccc3c(c2)C2(c4ccccc4-c4cc5c6ccccc6c6ccccc6c5cc42)c2cc(N(c4ccc(C(C)(C)C)cc4)c4ccc(C(C)(C)C)cc4)ccc2-3)cc1. The Labute approximate surface area is 469 Å². The van der Waals surface area contributed by atoms with E-state index in [9.17, 15) is 0 Å². The molecule has 0 atom stereocenters. The molecule has 390 valence electrons. The van der Waals surface area contributed by atoms with Gasteiger partial charge >= 0.3 is 0 Å². The molecular weight excluding hydrogens is 953 g/mol. The number of rotatable bonds is 6. The second-order valence-corrected chi connectivity index (χ2v) is 26.6. The molecule has 0 unspecified atom stereocenters. The lowest BCUT2D eigenvalue weighted by Crippen LogP contribution is -2.26. The molecule has 0 fully saturated rings. The molecule has 79 heavy (non-hydrogen) atoms. The fourth-order valence-corrected chi connectivity index (χ4v) is 13.2. The highest BCUT2D eigenvalue weighted by Gasteiger charge is 2.52.